The maximum absolute atomic E-state index is 13.5. The minimum atomic E-state index is -4.45. The SMILES string of the molecule is CCCCCCCC/C=C/CCCCCCCCCCCCCCCC(=O)OC(/C=C\CCCCCCCCCCCCC)C(COP(=O)(O)OCC[N+](C)(C)C)NC(=O)CCCCC/C=C\CCCCCCCCC. The summed E-state index contributed by atoms with van der Waals surface area (Å²) in [7, 11) is 1.50. The van der Waals surface area contributed by atoms with Gasteiger partial charge in [-0.2, -0.15) is 0 Å². The second-order valence-electron chi connectivity index (χ2n) is 23.6. The molecule has 0 bridgehead atoms. The van der Waals surface area contributed by atoms with Crippen LogP contribution in [-0.4, -0.2) is 74.3 Å². The fraction of sp³-hybridized carbons (Fsp3) is 0.879. The van der Waals surface area contributed by atoms with E-state index in [0.29, 0.717) is 23.9 Å². The third-order valence-corrected chi connectivity index (χ3v) is 15.8. The molecule has 0 heterocycles. The van der Waals surface area contributed by atoms with Gasteiger partial charge in [-0.1, -0.05) is 263 Å². The molecule has 3 unspecified atom stereocenters. The molecule has 0 aliphatic rings. The van der Waals surface area contributed by atoms with Crippen LogP contribution in [0, 0.1) is 0 Å². The number of quaternary nitrogens is 1. The van der Waals surface area contributed by atoms with Crippen LogP contribution in [0.4, 0.5) is 0 Å². The Labute approximate surface area is 472 Å². The molecule has 0 saturated carbocycles. The van der Waals surface area contributed by atoms with Gasteiger partial charge in [0.25, 0.3) is 0 Å². The van der Waals surface area contributed by atoms with Crippen molar-refractivity contribution < 1.29 is 37.3 Å². The lowest BCUT2D eigenvalue weighted by Crippen LogP contribution is -2.47. The van der Waals surface area contributed by atoms with E-state index in [1.54, 1.807) is 0 Å². The molecule has 0 aromatic heterocycles. The molecular formula is C66H128N2O7P+. The van der Waals surface area contributed by atoms with Crippen LogP contribution in [0.2, 0.25) is 0 Å². The largest absolute Gasteiger partial charge is 0.472 e. The highest BCUT2D eigenvalue weighted by molar-refractivity contribution is 7.47. The maximum Gasteiger partial charge on any atom is 0.472 e. The van der Waals surface area contributed by atoms with E-state index in [0.717, 1.165) is 70.6 Å². The fourth-order valence-corrected chi connectivity index (χ4v) is 10.4. The van der Waals surface area contributed by atoms with Gasteiger partial charge in [0.1, 0.15) is 19.3 Å². The number of phosphoric ester groups is 1. The number of unbranched alkanes of at least 4 members (excludes halogenated alkanes) is 40. The number of rotatable bonds is 60. The third-order valence-electron chi connectivity index (χ3n) is 14.8. The van der Waals surface area contributed by atoms with Gasteiger partial charge in [0.15, 0.2) is 0 Å². The molecule has 3 atom stereocenters. The summed E-state index contributed by atoms with van der Waals surface area (Å²) in [6.07, 6.45) is 68.6. The fourth-order valence-electron chi connectivity index (χ4n) is 9.70. The molecule has 0 fully saturated rings. The number of ether oxygens (including phenoxy) is 1. The molecule has 76 heavy (non-hydrogen) atoms. The first kappa shape index (κ1) is 74.2. The van der Waals surface area contributed by atoms with E-state index < -0.39 is 20.0 Å². The molecule has 0 aliphatic heterocycles. The van der Waals surface area contributed by atoms with Crippen molar-refractivity contribution >= 4 is 19.7 Å². The number of likely N-dealkylation sites (N-methyl/N-ethyl adjacent to an activating group) is 1. The number of allylic oxidation sites excluding steroid dienone is 5. The molecule has 448 valence electrons. The monoisotopic (exact) mass is 1090 g/mol. The molecule has 0 radical (unpaired) electrons. The highest BCUT2D eigenvalue weighted by atomic mass is 31.2. The first-order valence-electron chi connectivity index (χ1n) is 32.8. The molecule has 9 nitrogen and oxygen atoms in total. The number of carbonyl (C=O) groups is 2. The molecular weight excluding hydrogens is 964 g/mol. The zero-order valence-electron chi connectivity index (χ0n) is 51.3. The van der Waals surface area contributed by atoms with Gasteiger partial charge in [-0.3, -0.25) is 18.6 Å². The quantitative estimate of drug-likeness (QED) is 0.0205. The van der Waals surface area contributed by atoms with Gasteiger partial charge in [0.2, 0.25) is 5.91 Å². The van der Waals surface area contributed by atoms with Gasteiger partial charge in [0, 0.05) is 12.8 Å². The maximum atomic E-state index is 13.5. The predicted octanol–water partition coefficient (Wildman–Crippen LogP) is 20.3. The Hall–Kier alpha value is -1.77. The number of nitrogens with one attached hydrogen (secondary N) is 1. The van der Waals surface area contributed by atoms with Crippen molar-refractivity contribution in [1.82, 2.24) is 5.32 Å². The van der Waals surface area contributed by atoms with Crippen molar-refractivity contribution in [2.45, 2.75) is 335 Å². The number of carbonyl (C=O) groups excluding carboxylic acids is 2. The molecule has 0 rings (SSSR count). The van der Waals surface area contributed by atoms with Crippen molar-refractivity contribution in [2.24, 2.45) is 0 Å². The molecule has 10 heteroatoms. The molecule has 0 spiro atoms. The average Bonchev–Trinajstić information content (AvgIpc) is 3.38. The first-order chi connectivity index (χ1) is 36.9. The van der Waals surface area contributed by atoms with Gasteiger partial charge < -0.3 is 19.4 Å². The van der Waals surface area contributed by atoms with Crippen LogP contribution in [0.5, 0.6) is 0 Å². The van der Waals surface area contributed by atoms with Crippen LogP contribution in [0.15, 0.2) is 36.5 Å². The van der Waals surface area contributed by atoms with E-state index in [4.69, 9.17) is 13.8 Å². The molecule has 0 aromatic carbocycles. The number of nitrogens with zero attached hydrogens (tertiary/aromatic N) is 1. The number of hydrogen-bond acceptors (Lipinski definition) is 6. The van der Waals surface area contributed by atoms with Crippen LogP contribution in [0.1, 0.15) is 323 Å². The van der Waals surface area contributed by atoms with Gasteiger partial charge >= 0.3 is 13.8 Å². The summed E-state index contributed by atoms with van der Waals surface area (Å²) in [5, 5.41) is 3.05. The predicted molar refractivity (Wildman–Crippen MR) is 328 cm³/mol. The van der Waals surface area contributed by atoms with E-state index >= 15 is 0 Å². The van der Waals surface area contributed by atoms with Crippen molar-refractivity contribution in [3.05, 3.63) is 36.5 Å². The van der Waals surface area contributed by atoms with Crippen LogP contribution in [0.3, 0.4) is 0 Å². The van der Waals surface area contributed by atoms with E-state index in [9.17, 15) is 19.0 Å². The Morgan fingerprint density at radius 3 is 1.13 bits per heavy atom. The number of hydrogen-bond donors (Lipinski definition) is 2. The average molecular weight is 1090 g/mol. The molecule has 1 amide bonds. The summed E-state index contributed by atoms with van der Waals surface area (Å²) in [4.78, 5) is 37.7. The van der Waals surface area contributed by atoms with E-state index in [-0.39, 0.29) is 25.1 Å². The second kappa shape index (κ2) is 56.5. The van der Waals surface area contributed by atoms with Gasteiger partial charge in [-0.15, -0.1) is 0 Å². The van der Waals surface area contributed by atoms with E-state index in [2.05, 4.69) is 50.4 Å². The zero-order valence-corrected chi connectivity index (χ0v) is 52.2. The van der Waals surface area contributed by atoms with Crippen LogP contribution < -0.4 is 5.32 Å². The molecule has 0 saturated heterocycles. The second-order valence-corrected chi connectivity index (χ2v) is 25.1. The first-order valence-corrected chi connectivity index (χ1v) is 34.3. The number of phosphoric acid groups is 1. The summed E-state index contributed by atoms with van der Waals surface area (Å²) in [5.74, 6) is -0.510. The normalized spacial score (nSPS) is 13.8. The summed E-state index contributed by atoms with van der Waals surface area (Å²) in [6, 6.07) is -0.853. The summed E-state index contributed by atoms with van der Waals surface area (Å²) < 4.78 is 30.7. The minimum absolute atomic E-state index is 0.0396. The topological polar surface area (TPSA) is 111 Å². The van der Waals surface area contributed by atoms with Crippen LogP contribution >= 0.6 is 7.82 Å². The highest BCUT2D eigenvalue weighted by Gasteiger charge is 2.30. The van der Waals surface area contributed by atoms with Crippen molar-refractivity contribution in [2.75, 3.05) is 40.9 Å². The van der Waals surface area contributed by atoms with Crippen molar-refractivity contribution in [3.63, 3.8) is 0 Å². The Balaban J connectivity index is 5.15. The van der Waals surface area contributed by atoms with Crippen molar-refractivity contribution in [3.8, 4) is 0 Å². The summed E-state index contributed by atoms with van der Waals surface area (Å²) >= 11 is 0. The smallest absolute Gasteiger partial charge is 0.456 e. The summed E-state index contributed by atoms with van der Waals surface area (Å²) in [6.45, 7) is 7.03. The lowest BCUT2D eigenvalue weighted by Gasteiger charge is -2.27. The lowest BCUT2D eigenvalue weighted by atomic mass is 10.0. The zero-order chi connectivity index (χ0) is 55.7. The van der Waals surface area contributed by atoms with Gasteiger partial charge in [0.05, 0.1) is 33.8 Å². The number of esters is 1. The van der Waals surface area contributed by atoms with E-state index in [1.807, 2.05) is 33.3 Å². The van der Waals surface area contributed by atoms with Crippen LogP contribution in [-0.2, 0) is 27.9 Å². The van der Waals surface area contributed by atoms with E-state index in [1.165, 1.54) is 218 Å². The number of amides is 1. The standard InChI is InChI=1S/C66H127N2O7P/c1-7-10-13-16-19-22-25-28-30-31-32-33-34-35-36-37-38-41-44-47-50-53-56-59-66(70)75-64(57-54-51-48-45-42-39-27-24-21-18-15-12-9-3)63(62-74-76(71,72)73-61-60-68(4,5)6)67-65(69)58-55-52-49-46-43-40-29-26-23-20-17-14-11-8-2/h28,30,40,43,54,57,63-64H,7-27,29,31-39,41-42,44-53,55-56,58-62H2,1-6H3,(H-,67,69,71,72)/p+1/b30-28+,43-40-,57-54-. The van der Waals surface area contributed by atoms with Gasteiger partial charge in [-0.25, -0.2) is 4.57 Å². The lowest BCUT2D eigenvalue weighted by molar-refractivity contribution is -0.870. The van der Waals surface area contributed by atoms with Gasteiger partial charge in [-0.05, 0) is 83.1 Å². The Morgan fingerprint density at radius 1 is 0.447 bits per heavy atom. The molecule has 0 aromatic rings. The molecule has 0 aliphatic carbocycles. The van der Waals surface area contributed by atoms with Crippen molar-refractivity contribution in [1.29, 1.82) is 0 Å². The highest BCUT2D eigenvalue weighted by Crippen LogP contribution is 2.43. The Morgan fingerprint density at radius 2 is 0.763 bits per heavy atom. The Kier molecular flexibility index (Phi) is 55.2. The van der Waals surface area contributed by atoms with Crippen LogP contribution in [0.25, 0.3) is 0 Å². The Bertz CT molecular complexity index is 1400. The third kappa shape index (κ3) is 56.9. The molecule has 2 N–H and O–H groups in total. The summed E-state index contributed by atoms with van der Waals surface area (Å²) in [5.41, 5.74) is 0. The minimum Gasteiger partial charge on any atom is -0.456 e.